The number of aryl methyl sites for hydroxylation is 1. The maximum atomic E-state index is 12.2. The van der Waals surface area contributed by atoms with Crippen LogP contribution >= 0.6 is 23.2 Å². The summed E-state index contributed by atoms with van der Waals surface area (Å²) in [5.41, 5.74) is 3.17. The van der Waals surface area contributed by atoms with Gasteiger partial charge in [-0.05, 0) is 24.6 Å². The average molecular weight is 387 g/mol. The highest BCUT2D eigenvalue weighted by atomic mass is 35.5. The van der Waals surface area contributed by atoms with Crippen LogP contribution in [-0.2, 0) is 6.54 Å². The molecule has 1 aromatic heterocycles. The van der Waals surface area contributed by atoms with Gasteiger partial charge in [0.25, 0.3) is 5.91 Å². The predicted molar refractivity (Wildman–Crippen MR) is 104 cm³/mol. The third-order valence-electron chi connectivity index (χ3n) is 3.69. The van der Waals surface area contributed by atoms with Crippen LogP contribution in [0.15, 0.2) is 54.9 Å². The number of carbonyl (C=O) groups is 1. The number of amides is 1. The smallest absolute Gasteiger partial charge is 0.254 e. The van der Waals surface area contributed by atoms with Crippen LogP contribution in [0, 0.1) is 6.92 Å². The Labute approximate surface area is 161 Å². The number of nitrogens with zero attached hydrogens (tertiary/aromatic N) is 2. The van der Waals surface area contributed by atoms with E-state index >= 15 is 0 Å². The lowest BCUT2D eigenvalue weighted by atomic mass is 10.1. The molecule has 2 aromatic carbocycles. The molecule has 0 aliphatic heterocycles. The first kappa shape index (κ1) is 18.2. The first-order valence-corrected chi connectivity index (χ1v) is 8.65. The van der Waals surface area contributed by atoms with Gasteiger partial charge in [0, 0.05) is 18.9 Å². The number of hydrogen-bond donors (Lipinski definition) is 2. The van der Waals surface area contributed by atoms with Crippen molar-refractivity contribution in [1.29, 1.82) is 0 Å². The molecule has 0 aliphatic carbocycles. The average Bonchev–Trinajstić information content (AvgIpc) is 2.65. The molecule has 0 atom stereocenters. The highest BCUT2D eigenvalue weighted by Gasteiger charge is 2.09. The van der Waals surface area contributed by atoms with E-state index in [9.17, 15) is 4.79 Å². The number of rotatable bonds is 5. The Morgan fingerprint density at radius 2 is 1.73 bits per heavy atom. The molecule has 132 valence electrons. The Bertz CT molecular complexity index is 912. The van der Waals surface area contributed by atoms with Crippen molar-refractivity contribution in [2.75, 3.05) is 5.32 Å². The van der Waals surface area contributed by atoms with Crippen molar-refractivity contribution in [2.24, 2.45) is 0 Å². The molecule has 3 rings (SSSR count). The van der Waals surface area contributed by atoms with Crippen LogP contribution in [0.3, 0.4) is 0 Å². The summed E-state index contributed by atoms with van der Waals surface area (Å²) in [6.07, 6.45) is 2.91. The fourth-order valence-electron chi connectivity index (χ4n) is 2.22. The van der Waals surface area contributed by atoms with Gasteiger partial charge in [-0.3, -0.25) is 4.79 Å². The van der Waals surface area contributed by atoms with E-state index in [2.05, 4.69) is 20.6 Å². The normalized spacial score (nSPS) is 10.4. The second-order valence-corrected chi connectivity index (χ2v) is 6.48. The maximum Gasteiger partial charge on any atom is 0.254 e. The van der Waals surface area contributed by atoms with Crippen molar-refractivity contribution in [2.45, 2.75) is 13.5 Å². The van der Waals surface area contributed by atoms with E-state index in [1.54, 1.807) is 18.2 Å². The second-order valence-electron chi connectivity index (χ2n) is 5.69. The largest absolute Gasteiger partial charge is 0.348 e. The first-order valence-electron chi connectivity index (χ1n) is 7.90. The molecule has 0 spiro atoms. The van der Waals surface area contributed by atoms with Gasteiger partial charge in [0.1, 0.15) is 0 Å². The molecule has 0 saturated carbocycles. The van der Waals surface area contributed by atoms with Crippen molar-refractivity contribution in [1.82, 2.24) is 15.3 Å². The van der Waals surface area contributed by atoms with Crippen molar-refractivity contribution < 1.29 is 4.79 Å². The van der Waals surface area contributed by atoms with E-state index in [0.29, 0.717) is 33.8 Å². The van der Waals surface area contributed by atoms with E-state index in [0.717, 1.165) is 5.56 Å². The molecule has 1 heterocycles. The monoisotopic (exact) mass is 386 g/mol. The zero-order valence-corrected chi connectivity index (χ0v) is 15.5. The number of aromatic nitrogens is 2. The minimum atomic E-state index is -0.238. The second kappa shape index (κ2) is 8.17. The molecule has 1 amide bonds. The van der Waals surface area contributed by atoms with E-state index < -0.39 is 0 Å². The highest BCUT2D eigenvalue weighted by Crippen LogP contribution is 2.30. The van der Waals surface area contributed by atoms with Crippen LogP contribution in [0.5, 0.6) is 0 Å². The number of anilines is 2. The standard InChI is InChI=1S/C19H16Cl2N4O/c1-12-5-7-13(8-6-12)9-22-18(26)14-10-23-19(24-11-14)25-16-4-2-3-15(20)17(16)21/h2-8,10-11H,9H2,1H3,(H,22,26)(H,23,24,25). The van der Waals surface area contributed by atoms with Gasteiger partial charge in [0.05, 0.1) is 21.3 Å². The van der Waals surface area contributed by atoms with E-state index in [1.807, 2.05) is 31.2 Å². The summed E-state index contributed by atoms with van der Waals surface area (Å²) in [6, 6.07) is 13.2. The summed E-state index contributed by atoms with van der Waals surface area (Å²) in [4.78, 5) is 20.5. The summed E-state index contributed by atoms with van der Waals surface area (Å²) in [7, 11) is 0. The van der Waals surface area contributed by atoms with Gasteiger partial charge < -0.3 is 10.6 Å². The molecule has 0 aliphatic rings. The van der Waals surface area contributed by atoms with Crippen LogP contribution in [0.1, 0.15) is 21.5 Å². The third-order valence-corrected chi connectivity index (χ3v) is 4.50. The Kier molecular flexibility index (Phi) is 5.71. The zero-order valence-electron chi connectivity index (χ0n) is 14.0. The molecule has 0 unspecified atom stereocenters. The first-order chi connectivity index (χ1) is 12.5. The van der Waals surface area contributed by atoms with Gasteiger partial charge in [-0.1, -0.05) is 59.1 Å². The van der Waals surface area contributed by atoms with Crippen LogP contribution in [0.25, 0.3) is 0 Å². The Balaban J connectivity index is 1.62. The molecule has 0 radical (unpaired) electrons. The zero-order chi connectivity index (χ0) is 18.5. The van der Waals surface area contributed by atoms with Gasteiger partial charge in [-0.2, -0.15) is 0 Å². The Morgan fingerprint density at radius 3 is 2.42 bits per heavy atom. The molecule has 0 fully saturated rings. The van der Waals surface area contributed by atoms with Crippen molar-refractivity contribution in [3.8, 4) is 0 Å². The fraction of sp³-hybridized carbons (Fsp3) is 0.105. The minimum Gasteiger partial charge on any atom is -0.348 e. The van der Waals surface area contributed by atoms with Gasteiger partial charge in [-0.25, -0.2) is 9.97 Å². The van der Waals surface area contributed by atoms with Crippen molar-refractivity contribution in [3.63, 3.8) is 0 Å². The van der Waals surface area contributed by atoms with E-state index in [4.69, 9.17) is 23.2 Å². The van der Waals surface area contributed by atoms with Crippen molar-refractivity contribution in [3.05, 3.63) is 81.6 Å². The van der Waals surface area contributed by atoms with Gasteiger partial charge in [-0.15, -0.1) is 0 Å². The quantitative estimate of drug-likeness (QED) is 0.662. The number of nitrogens with one attached hydrogen (secondary N) is 2. The number of benzene rings is 2. The SMILES string of the molecule is Cc1ccc(CNC(=O)c2cnc(Nc3cccc(Cl)c3Cl)nc2)cc1. The molecule has 5 nitrogen and oxygen atoms in total. The molecule has 26 heavy (non-hydrogen) atoms. The lowest BCUT2D eigenvalue weighted by Gasteiger charge is -2.09. The topological polar surface area (TPSA) is 66.9 Å². The molecule has 7 heteroatoms. The molecule has 3 aromatic rings. The van der Waals surface area contributed by atoms with E-state index in [1.165, 1.54) is 18.0 Å². The molecular weight excluding hydrogens is 371 g/mol. The van der Waals surface area contributed by atoms with Crippen molar-refractivity contribution >= 4 is 40.7 Å². The van der Waals surface area contributed by atoms with Crippen LogP contribution in [-0.4, -0.2) is 15.9 Å². The predicted octanol–water partition coefficient (Wildman–Crippen LogP) is 4.77. The summed E-state index contributed by atoms with van der Waals surface area (Å²) >= 11 is 12.1. The lowest BCUT2D eigenvalue weighted by molar-refractivity contribution is 0.0950. The molecule has 2 N–H and O–H groups in total. The minimum absolute atomic E-state index is 0.238. The van der Waals surface area contributed by atoms with Gasteiger partial charge >= 0.3 is 0 Å². The summed E-state index contributed by atoms with van der Waals surface area (Å²) < 4.78 is 0. The number of carbonyl (C=O) groups excluding carboxylic acids is 1. The third kappa shape index (κ3) is 4.50. The van der Waals surface area contributed by atoms with Crippen LogP contribution in [0.2, 0.25) is 10.0 Å². The van der Waals surface area contributed by atoms with Crippen LogP contribution in [0.4, 0.5) is 11.6 Å². The Hall–Kier alpha value is -2.63. The van der Waals surface area contributed by atoms with E-state index in [-0.39, 0.29) is 5.91 Å². The summed E-state index contributed by atoms with van der Waals surface area (Å²) in [5, 5.41) is 6.64. The molecular formula is C19H16Cl2N4O. The maximum absolute atomic E-state index is 12.2. The summed E-state index contributed by atoms with van der Waals surface area (Å²) in [5.74, 6) is 0.0853. The number of halogens is 2. The number of hydrogen-bond acceptors (Lipinski definition) is 4. The highest BCUT2D eigenvalue weighted by molar-refractivity contribution is 6.43. The van der Waals surface area contributed by atoms with Crippen LogP contribution < -0.4 is 10.6 Å². The lowest BCUT2D eigenvalue weighted by Crippen LogP contribution is -2.23. The van der Waals surface area contributed by atoms with Gasteiger partial charge in [0.15, 0.2) is 0 Å². The summed E-state index contributed by atoms with van der Waals surface area (Å²) in [6.45, 7) is 2.46. The Morgan fingerprint density at radius 1 is 1.04 bits per heavy atom. The molecule has 0 bridgehead atoms. The molecule has 0 saturated heterocycles. The van der Waals surface area contributed by atoms with Gasteiger partial charge in [0.2, 0.25) is 5.95 Å². The fourth-order valence-corrected chi connectivity index (χ4v) is 2.57.